The van der Waals surface area contributed by atoms with Gasteiger partial charge < -0.3 is 14.8 Å². The molecule has 4 aromatic rings. The quantitative estimate of drug-likeness (QED) is 0.234. The van der Waals surface area contributed by atoms with Crippen LogP contribution in [0, 0.1) is 24.0 Å². The van der Waals surface area contributed by atoms with Gasteiger partial charge in [0.1, 0.15) is 6.04 Å². The summed E-state index contributed by atoms with van der Waals surface area (Å²) < 4.78 is 2.05. The van der Waals surface area contributed by atoms with Crippen LogP contribution >= 0.6 is 12.2 Å². The van der Waals surface area contributed by atoms with E-state index in [-0.39, 0.29) is 17.8 Å². The molecule has 2 unspecified atom stereocenters. The summed E-state index contributed by atoms with van der Waals surface area (Å²) in [6.45, 7) is 4.15. The number of hydrogen-bond acceptors (Lipinski definition) is 4. The molecule has 0 bridgehead atoms. The molecule has 0 spiro atoms. The minimum Gasteiger partial charge on any atom is -0.351 e. The average Bonchev–Trinajstić information content (AvgIpc) is 3.43. The normalized spacial score (nSPS) is 17.6. The average molecular weight is 470 g/mol. The van der Waals surface area contributed by atoms with Gasteiger partial charge in [-0.25, -0.2) is 0 Å². The highest BCUT2D eigenvalue weighted by molar-refractivity contribution is 7.80. The predicted molar refractivity (Wildman–Crippen MR) is 136 cm³/mol. The lowest BCUT2D eigenvalue weighted by Gasteiger charge is -2.29. The molecule has 34 heavy (non-hydrogen) atoms. The summed E-state index contributed by atoms with van der Waals surface area (Å²) >= 11 is 5.85. The van der Waals surface area contributed by atoms with Crippen molar-refractivity contribution in [2.45, 2.75) is 25.9 Å². The Hall–Kier alpha value is -4.04. The number of nitrogens with zero attached hydrogens (tertiary/aromatic N) is 4. The highest BCUT2D eigenvalue weighted by atomic mass is 32.1. The molecule has 3 heterocycles. The Bertz CT molecular complexity index is 1350. The molecule has 0 aliphatic carbocycles. The van der Waals surface area contributed by atoms with Crippen LogP contribution in [0.15, 0.2) is 85.2 Å². The molecule has 7 nitrogen and oxygen atoms in total. The van der Waals surface area contributed by atoms with Crippen LogP contribution in [0.4, 0.5) is 11.4 Å². The number of pyridine rings is 1. The van der Waals surface area contributed by atoms with Crippen molar-refractivity contribution in [3.63, 3.8) is 0 Å². The number of nitrogens with one attached hydrogen (secondary N) is 1. The van der Waals surface area contributed by atoms with Crippen LogP contribution in [0.2, 0.25) is 0 Å². The molecule has 2 aromatic heterocycles. The van der Waals surface area contributed by atoms with Gasteiger partial charge in [0, 0.05) is 41.6 Å². The van der Waals surface area contributed by atoms with Crippen molar-refractivity contribution >= 4 is 28.7 Å². The lowest BCUT2D eigenvalue weighted by Crippen LogP contribution is -2.30. The predicted octanol–water partition coefficient (Wildman–Crippen LogP) is 5.57. The molecule has 8 heteroatoms. The van der Waals surface area contributed by atoms with E-state index in [0.717, 1.165) is 33.9 Å². The monoisotopic (exact) mass is 469 g/mol. The van der Waals surface area contributed by atoms with Crippen molar-refractivity contribution in [2.75, 3.05) is 4.90 Å². The number of benzene rings is 2. The maximum atomic E-state index is 11.1. The van der Waals surface area contributed by atoms with Crippen LogP contribution in [0.3, 0.4) is 0 Å². The second-order valence-electron chi connectivity index (χ2n) is 8.42. The summed E-state index contributed by atoms with van der Waals surface area (Å²) in [7, 11) is 0. The Kier molecular flexibility index (Phi) is 5.59. The molecular weight excluding hydrogens is 446 g/mol. The van der Waals surface area contributed by atoms with Gasteiger partial charge in [0.05, 0.1) is 16.7 Å². The maximum Gasteiger partial charge on any atom is 0.269 e. The van der Waals surface area contributed by atoms with Crippen molar-refractivity contribution in [2.24, 2.45) is 0 Å². The van der Waals surface area contributed by atoms with Gasteiger partial charge in [-0.1, -0.05) is 12.1 Å². The second kappa shape index (κ2) is 8.72. The van der Waals surface area contributed by atoms with Gasteiger partial charge in [-0.2, -0.15) is 0 Å². The smallest absolute Gasteiger partial charge is 0.269 e. The standard InChI is InChI=1S/C26H23N5O2S/c1-17-14-18(2)16-21(15-17)30-25(24(28-26(30)34)22-6-3-4-12-27-22)23-7-5-13-29(23)19-8-10-20(11-9-19)31(32)33/h3-16,24-25H,1-2H3,(H,28,34). The summed E-state index contributed by atoms with van der Waals surface area (Å²) in [5.41, 5.74) is 6.10. The number of aromatic nitrogens is 2. The number of non-ortho nitro benzene ring substituents is 1. The van der Waals surface area contributed by atoms with E-state index in [2.05, 4.69) is 57.9 Å². The third-order valence-corrected chi connectivity index (χ3v) is 6.32. The molecule has 1 aliphatic heterocycles. The van der Waals surface area contributed by atoms with E-state index in [1.165, 1.54) is 12.1 Å². The minimum absolute atomic E-state index is 0.0596. The van der Waals surface area contributed by atoms with Gasteiger partial charge in [-0.15, -0.1) is 0 Å². The summed E-state index contributed by atoms with van der Waals surface area (Å²) in [4.78, 5) is 17.5. The van der Waals surface area contributed by atoms with Gasteiger partial charge in [0.2, 0.25) is 0 Å². The molecule has 1 saturated heterocycles. The van der Waals surface area contributed by atoms with E-state index in [4.69, 9.17) is 12.2 Å². The molecule has 1 N–H and O–H groups in total. The summed E-state index contributed by atoms with van der Waals surface area (Å²) in [6, 6.07) is 22.5. The zero-order valence-electron chi connectivity index (χ0n) is 18.8. The van der Waals surface area contributed by atoms with E-state index < -0.39 is 4.92 Å². The number of aryl methyl sites for hydroxylation is 2. The van der Waals surface area contributed by atoms with E-state index in [1.54, 1.807) is 18.3 Å². The Morgan fingerprint density at radius 3 is 2.35 bits per heavy atom. The Morgan fingerprint density at radius 1 is 0.971 bits per heavy atom. The first-order chi connectivity index (χ1) is 16.4. The van der Waals surface area contributed by atoms with Gasteiger partial charge in [-0.05, 0) is 85.7 Å². The van der Waals surface area contributed by atoms with Crippen molar-refractivity contribution in [3.05, 3.63) is 118 Å². The third-order valence-electron chi connectivity index (χ3n) is 6.00. The van der Waals surface area contributed by atoms with Crippen molar-refractivity contribution < 1.29 is 4.92 Å². The Labute approximate surface area is 202 Å². The van der Waals surface area contributed by atoms with E-state index in [0.29, 0.717) is 5.11 Å². The SMILES string of the molecule is Cc1cc(C)cc(N2C(=S)NC(c3ccccn3)C2c2cccn2-c2ccc([N+](=O)[O-])cc2)c1. The lowest BCUT2D eigenvalue weighted by atomic mass is 10.00. The molecule has 0 saturated carbocycles. The molecule has 2 aromatic carbocycles. The number of hydrogen-bond donors (Lipinski definition) is 1. The first kappa shape index (κ1) is 21.8. The fourth-order valence-corrected chi connectivity index (χ4v) is 4.97. The fraction of sp³-hybridized carbons (Fsp3) is 0.154. The zero-order valence-corrected chi connectivity index (χ0v) is 19.6. The van der Waals surface area contributed by atoms with E-state index >= 15 is 0 Å². The molecule has 0 radical (unpaired) electrons. The molecule has 0 amide bonds. The van der Waals surface area contributed by atoms with Gasteiger partial charge in [0.15, 0.2) is 5.11 Å². The number of rotatable bonds is 5. The van der Waals surface area contributed by atoms with Crippen LogP contribution in [-0.2, 0) is 0 Å². The molecule has 1 aliphatic rings. The van der Waals surface area contributed by atoms with Crippen LogP contribution in [0.5, 0.6) is 0 Å². The molecule has 170 valence electrons. The number of nitro groups is 1. The van der Waals surface area contributed by atoms with Gasteiger partial charge in [-0.3, -0.25) is 15.1 Å². The van der Waals surface area contributed by atoms with E-state index in [9.17, 15) is 10.1 Å². The largest absolute Gasteiger partial charge is 0.351 e. The second-order valence-corrected chi connectivity index (χ2v) is 8.81. The third kappa shape index (κ3) is 3.92. The van der Waals surface area contributed by atoms with Crippen molar-refractivity contribution in [1.82, 2.24) is 14.9 Å². The van der Waals surface area contributed by atoms with E-state index in [1.807, 2.05) is 30.5 Å². The molecular formula is C26H23N5O2S. The van der Waals surface area contributed by atoms with Crippen molar-refractivity contribution in [1.29, 1.82) is 0 Å². The van der Waals surface area contributed by atoms with Gasteiger partial charge in [0.25, 0.3) is 5.69 Å². The first-order valence-corrected chi connectivity index (χ1v) is 11.3. The zero-order chi connectivity index (χ0) is 23.8. The lowest BCUT2D eigenvalue weighted by molar-refractivity contribution is -0.384. The highest BCUT2D eigenvalue weighted by Crippen LogP contribution is 2.42. The van der Waals surface area contributed by atoms with Crippen LogP contribution in [0.1, 0.15) is 34.6 Å². The fourth-order valence-electron chi connectivity index (χ4n) is 4.63. The number of thiocarbonyl (C=S) groups is 1. The summed E-state index contributed by atoms with van der Waals surface area (Å²) in [5, 5.41) is 15.2. The summed E-state index contributed by atoms with van der Waals surface area (Å²) in [6.07, 6.45) is 3.75. The number of nitro benzene ring substituents is 1. The molecule has 2 atom stereocenters. The summed E-state index contributed by atoms with van der Waals surface area (Å²) in [5.74, 6) is 0. The van der Waals surface area contributed by atoms with Crippen molar-refractivity contribution in [3.8, 4) is 5.69 Å². The maximum absolute atomic E-state index is 11.1. The molecule has 1 fully saturated rings. The number of anilines is 1. The minimum atomic E-state index is -0.390. The Morgan fingerprint density at radius 2 is 1.71 bits per heavy atom. The van der Waals surface area contributed by atoms with Crippen LogP contribution < -0.4 is 10.2 Å². The molecule has 5 rings (SSSR count). The topological polar surface area (TPSA) is 76.2 Å². The highest BCUT2D eigenvalue weighted by Gasteiger charge is 2.42. The van der Waals surface area contributed by atoms with Gasteiger partial charge >= 0.3 is 0 Å². The Balaban J connectivity index is 1.66. The van der Waals surface area contributed by atoms with Crippen LogP contribution in [-0.4, -0.2) is 19.6 Å². The first-order valence-electron chi connectivity index (χ1n) is 10.9. The van der Waals surface area contributed by atoms with Crippen LogP contribution in [0.25, 0.3) is 5.69 Å².